The Balaban J connectivity index is 0.00000196. The van der Waals surface area contributed by atoms with Gasteiger partial charge in [0.05, 0.1) is 0 Å². The van der Waals surface area contributed by atoms with Gasteiger partial charge in [-0.25, -0.2) is 0 Å². The molecule has 2 N–H and O–H groups in total. The van der Waals surface area contributed by atoms with Crippen LogP contribution in [0.3, 0.4) is 0 Å². The van der Waals surface area contributed by atoms with E-state index in [4.69, 9.17) is 10.00 Å². The summed E-state index contributed by atoms with van der Waals surface area (Å²) >= 11 is 0. The van der Waals surface area contributed by atoms with Crippen molar-refractivity contribution in [3.63, 3.8) is 0 Å². The van der Waals surface area contributed by atoms with Crippen molar-refractivity contribution in [2.75, 3.05) is 0 Å². The van der Waals surface area contributed by atoms with Gasteiger partial charge < -0.3 is 10.00 Å². The number of benzene rings is 1. The molecule has 0 spiro atoms. The lowest BCUT2D eigenvalue weighted by molar-refractivity contribution is -0.136. The van der Waals surface area contributed by atoms with E-state index in [2.05, 4.69) is 0 Å². The minimum absolute atomic E-state index is 0. The van der Waals surface area contributed by atoms with Crippen molar-refractivity contribution in [3.8, 4) is 0 Å². The van der Waals surface area contributed by atoms with E-state index in [1.54, 1.807) is 24.3 Å². The molecular weight excluding hydrogens is 230 g/mol. The first-order chi connectivity index (χ1) is 6.61. The van der Waals surface area contributed by atoms with Crippen molar-refractivity contribution in [1.82, 2.24) is 0 Å². The maximum atomic E-state index is 10.9. The van der Waals surface area contributed by atoms with Gasteiger partial charge in [0.1, 0.15) is 0 Å². The molecule has 1 atom stereocenters. The molecule has 0 bridgehead atoms. The molecule has 0 heterocycles. The molecule has 1 aromatic carbocycles. The molecule has 0 aromatic heterocycles. The molecule has 0 aliphatic rings. The fourth-order valence-corrected chi connectivity index (χ4v) is 1.91. The number of aryl methyl sites for hydroxylation is 1. The number of hydrogen-bond acceptors (Lipinski definition) is 2. The Morgan fingerprint density at radius 3 is 2.47 bits per heavy atom. The molecule has 0 saturated carbocycles. The van der Waals surface area contributed by atoms with E-state index >= 15 is 0 Å². The molecule has 6 heteroatoms. The Bertz CT molecular complexity index is 367. The summed E-state index contributed by atoms with van der Waals surface area (Å²) in [6.07, 6.45) is 0.272. The summed E-state index contributed by atoms with van der Waals surface area (Å²) in [6.45, 7) is 0. The first kappa shape index (κ1) is 14.4. The average molecular weight is 244 g/mol. The standard InChI is InChI=1S/C9H11O4P.Al.3H/c10-9(11)6-5-7-3-1-2-4-8(7)14(12)13;;;;/h1-4,14H,5-6H2,(H,10,11)(H,12,13);;;;. The van der Waals surface area contributed by atoms with E-state index in [-0.39, 0.29) is 23.8 Å². The second-order valence-electron chi connectivity index (χ2n) is 2.86. The zero-order valence-electron chi connectivity index (χ0n) is 7.43. The smallest absolute Gasteiger partial charge is 0.303 e. The van der Waals surface area contributed by atoms with Gasteiger partial charge in [-0.1, -0.05) is 18.2 Å². The molecule has 0 radical (unpaired) electrons. The SMILES string of the molecule is O=C(O)CCc1ccccc1[PH](=O)O.[AlH3]. The van der Waals surface area contributed by atoms with Gasteiger partial charge in [-0.05, 0) is 18.1 Å². The van der Waals surface area contributed by atoms with Crippen molar-refractivity contribution in [1.29, 1.82) is 0 Å². The van der Waals surface area contributed by atoms with Gasteiger partial charge in [0.2, 0.25) is 8.03 Å². The van der Waals surface area contributed by atoms with E-state index in [1.165, 1.54) is 0 Å². The quantitative estimate of drug-likeness (QED) is 0.559. The van der Waals surface area contributed by atoms with Crippen molar-refractivity contribution in [2.24, 2.45) is 0 Å². The van der Waals surface area contributed by atoms with E-state index in [1.807, 2.05) is 0 Å². The van der Waals surface area contributed by atoms with Crippen LogP contribution in [0.25, 0.3) is 0 Å². The minimum Gasteiger partial charge on any atom is -0.481 e. The third kappa shape index (κ3) is 4.64. The van der Waals surface area contributed by atoms with Crippen LogP contribution in [0.1, 0.15) is 12.0 Å². The largest absolute Gasteiger partial charge is 0.481 e. The van der Waals surface area contributed by atoms with Crippen LogP contribution in [0, 0.1) is 0 Å². The molecule has 15 heavy (non-hydrogen) atoms. The number of aliphatic carboxylic acids is 1. The molecule has 1 unspecified atom stereocenters. The van der Waals surface area contributed by atoms with Gasteiger partial charge >= 0.3 is 5.97 Å². The lowest BCUT2D eigenvalue weighted by Crippen LogP contribution is -2.07. The number of rotatable bonds is 4. The molecule has 82 valence electrons. The summed E-state index contributed by atoms with van der Waals surface area (Å²) in [7, 11) is -2.73. The monoisotopic (exact) mass is 244 g/mol. The van der Waals surface area contributed by atoms with Gasteiger partial charge in [0.25, 0.3) is 0 Å². The molecule has 1 rings (SSSR count). The van der Waals surface area contributed by atoms with Crippen LogP contribution in [-0.2, 0) is 15.8 Å². The number of carboxylic acid groups (broad SMARTS) is 1. The summed E-state index contributed by atoms with van der Waals surface area (Å²) in [5.74, 6) is -0.905. The van der Waals surface area contributed by atoms with E-state index in [0.717, 1.165) is 0 Å². The fourth-order valence-electron chi connectivity index (χ4n) is 1.19. The first-order valence-electron chi connectivity index (χ1n) is 4.14. The zero-order valence-corrected chi connectivity index (χ0v) is 8.43. The predicted molar refractivity (Wildman–Crippen MR) is 63.2 cm³/mol. The topological polar surface area (TPSA) is 74.6 Å². The Labute approximate surface area is 98.9 Å². The maximum Gasteiger partial charge on any atom is 0.303 e. The highest BCUT2D eigenvalue weighted by atomic mass is 31.1. The van der Waals surface area contributed by atoms with Crippen molar-refractivity contribution >= 4 is 36.7 Å². The number of hydrogen-bond donors (Lipinski definition) is 2. The maximum absolute atomic E-state index is 10.9. The van der Waals surface area contributed by atoms with Crippen LogP contribution in [-0.4, -0.2) is 33.3 Å². The van der Waals surface area contributed by atoms with Crippen molar-refractivity contribution < 1.29 is 19.4 Å². The van der Waals surface area contributed by atoms with Crippen LogP contribution in [0.2, 0.25) is 0 Å². The van der Waals surface area contributed by atoms with Crippen LogP contribution < -0.4 is 5.30 Å². The second kappa shape index (κ2) is 6.82. The lowest BCUT2D eigenvalue weighted by atomic mass is 10.1. The summed E-state index contributed by atoms with van der Waals surface area (Å²) in [6, 6.07) is 6.62. The van der Waals surface area contributed by atoms with E-state index in [0.29, 0.717) is 17.3 Å². The van der Waals surface area contributed by atoms with Crippen LogP contribution in [0.4, 0.5) is 0 Å². The minimum atomic E-state index is -2.73. The average Bonchev–Trinajstić information content (AvgIpc) is 2.15. The second-order valence-corrected chi connectivity index (χ2v) is 4.01. The van der Waals surface area contributed by atoms with Gasteiger partial charge in [0.15, 0.2) is 17.4 Å². The molecule has 0 fully saturated rings. The molecule has 1 aromatic rings. The third-order valence-electron chi connectivity index (χ3n) is 1.86. The molecular formula is C9H14AlO4P. The molecule has 0 aliphatic heterocycles. The molecule has 0 amide bonds. The first-order valence-corrected chi connectivity index (χ1v) is 5.50. The Morgan fingerprint density at radius 1 is 1.33 bits per heavy atom. The zero-order chi connectivity index (χ0) is 10.6. The Morgan fingerprint density at radius 2 is 1.93 bits per heavy atom. The third-order valence-corrected chi connectivity index (χ3v) is 2.80. The molecule has 4 nitrogen and oxygen atoms in total. The van der Waals surface area contributed by atoms with E-state index in [9.17, 15) is 9.36 Å². The number of carbonyl (C=O) groups is 1. The Hall–Kier alpha value is -0.588. The van der Waals surface area contributed by atoms with Gasteiger partial charge in [-0.15, -0.1) is 0 Å². The lowest BCUT2D eigenvalue weighted by Gasteiger charge is -2.04. The molecule has 0 saturated heterocycles. The van der Waals surface area contributed by atoms with Crippen molar-refractivity contribution in [3.05, 3.63) is 29.8 Å². The van der Waals surface area contributed by atoms with Crippen LogP contribution in [0.5, 0.6) is 0 Å². The van der Waals surface area contributed by atoms with Crippen LogP contribution >= 0.6 is 8.03 Å². The normalized spacial score (nSPS) is 11.5. The molecule has 0 aliphatic carbocycles. The fraction of sp³-hybridized carbons (Fsp3) is 0.222. The summed E-state index contributed by atoms with van der Waals surface area (Å²) < 4.78 is 10.9. The summed E-state index contributed by atoms with van der Waals surface area (Å²) in [5, 5.41) is 8.83. The van der Waals surface area contributed by atoms with E-state index < -0.39 is 14.0 Å². The predicted octanol–water partition coefficient (Wildman–Crippen LogP) is -0.388. The van der Waals surface area contributed by atoms with Gasteiger partial charge in [-0.2, -0.15) is 0 Å². The highest BCUT2D eigenvalue weighted by Gasteiger charge is 2.07. The van der Waals surface area contributed by atoms with Crippen LogP contribution in [0.15, 0.2) is 24.3 Å². The highest BCUT2D eigenvalue weighted by Crippen LogP contribution is 2.16. The van der Waals surface area contributed by atoms with Gasteiger partial charge in [0, 0.05) is 11.7 Å². The highest BCUT2D eigenvalue weighted by molar-refractivity contribution is 7.47. The summed E-state index contributed by atoms with van der Waals surface area (Å²) in [4.78, 5) is 19.3. The number of carboxylic acids is 1. The Kier molecular flexibility index (Phi) is 6.55. The summed E-state index contributed by atoms with van der Waals surface area (Å²) in [5.41, 5.74) is 0.640. The van der Waals surface area contributed by atoms with Crippen molar-refractivity contribution in [2.45, 2.75) is 12.8 Å². The van der Waals surface area contributed by atoms with Gasteiger partial charge in [-0.3, -0.25) is 9.36 Å².